The van der Waals surface area contributed by atoms with Gasteiger partial charge in [0.05, 0.1) is 0 Å². The molecule has 2 N–H and O–H groups in total. The van der Waals surface area contributed by atoms with Crippen LogP contribution in [-0.2, 0) is 17.8 Å². The number of carbonyl (C=O) groups is 1. The monoisotopic (exact) mass is 429 g/mol. The first-order valence-electron chi connectivity index (χ1n) is 9.33. The summed E-state index contributed by atoms with van der Waals surface area (Å²) >= 11 is 6.00. The van der Waals surface area contributed by atoms with Crippen LogP contribution >= 0.6 is 11.6 Å². The number of aromatic nitrogens is 2. The molecule has 0 aliphatic rings. The van der Waals surface area contributed by atoms with Crippen molar-refractivity contribution in [3.8, 4) is 11.4 Å². The van der Waals surface area contributed by atoms with E-state index in [0.29, 0.717) is 27.5 Å². The smallest absolute Gasteiger partial charge is 0.257 e. The van der Waals surface area contributed by atoms with E-state index in [2.05, 4.69) is 10.3 Å². The molecule has 1 heterocycles. The van der Waals surface area contributed by atoms with Gasteiger partial charge in [-0.2, -0.15) is 0 Å². The number of anilines is 1. The predicted molar refractivity (Wildman–Crippen MR) is 114 cm³/mol. The lowest BCUT2D eigenvalue weighted by molar-refractivity contribution is -0.116. The third-order valence-corrected chi connectivity index (χ3v) is 4.92. The van der Waals surface area contributed by atoms with Crippen LogP contribution in [0.4, 0.5) is 10.1 Å². The average molecular weight is 430 g/mol. The highest BCUT2D eigenvalue weighted by atomic mass is 35.5. The first-order chi connectivity index (χ1) is 14.3. The van der Waals surface area contributed by atoms with E-state index in [1.807, 2.05) is 6.92 Å². The van der Waals surface area contributed by atoms with Gasteiger partial charge < -0.3 is 10.4 Å². The van der Waals surface area contributed by atoms with Crippen molar-refractivity contribution in [1.82, 2.24) is 9.55 Å². The number of carbonyl (C=O) groups excluding carboxylic acids is 1. The van der Waals surface area contributed by atoms with Gasteiger partial charge in [0, 0.05) is 40.6 Å². The van der Waals surface area contributed by atoms with Gasteiger partial charge in [0.25, 0.3) is 5.56 Å². The average Bonchev–Trinajstić information content (AvgIpc) is 2.70. The van der Waals surface area contributed by atoms with Crippen LogP contribution in [-0.4, -0.2) is 27.2 Å². The summed E-state index contributed by atoms with van der Waals surface area (Å²) in [7, 11) is 0. The SMILES string of the molecule is Cc1ccc(Cl)cc1NC(=O)Cn1c(-c2cccc(F)c2)nc(C)c(CCO)c1=O. The zero-order valence-electron chi connectivity index (χ0n) is 16.6. The molecule has 0 unspecified atom stereocenters. The Morgan fingerprint density at radius 1 is 1.23 bits per heavy atom. The van der Waals surface area contributed by atoms with E-state index >= 15 is 0 Å². The summed E-state index contributed by atoms with van der Waals surface area (Å²) in [5.74, 6) is -0.762. The Morgan fingerprint density at radius 2 is 2.00 bits per heavy atom. The lowest BCUT2D eigenvalue weighted by Gasteiger charge is -2.16. The van der Waals surface area contributed by atoms with E-state index in [0.717, 1.165) is 5.56 Å². The van der Waals surface area contributed by atoms with Crippen LogP contribution < -0.4 is 10.9 Å². The first-order valence-corrected chi connectivity index (χ1v) is 9.71. The summed E-state index contributed by atoms with van der Waals surface area (Å²) in [6, 6.07) is 10.8. The molecule has 1 aromatic heterocycles. The van der Waals surface area contributed by atoms with Crippen LogP contribution in [0.1, 0.15) is 16.8 Å². The van der Waals surface area contributed by atoms with E-state index < -0.39 is 17.3 Å². The van der Waals surface area contributed by atoms with E-state index in [4.69, 9.17) is 11.6 Å². The minimum absolute atomic E-state index is 0.107. The number of aryl methyl sites for hydroxylation is 2. The summed E-state index contributed by atoms with van der Waals surface area (Å²) in [5, 5.41) is 12.5. The van der Waals surface area contributed by atoms with E-state index in [1.165, 1.54) is 22.8 Å². The Bertz CT molecular complexity index is 1160. The topological polar surface area (TPSA) is 84.2 Å². The molecule has 0 spiro atoms. The summed E-state index contributed by atoms with van der Waals surface area (Å²) in [6.07, 6.45) is 0.107. The second-order valence-electron chi connectivity index (χ2n) is 6.88. The molecule has 0 saturated heterocycles. The highest BCUT2D eigenvalue weighted by Crippen LogP contribution is 2.21. The molecule has 0 atom stereocenters. The van der Waals surface area contributed by atoms with Crippen LogP contribution in [0.25, 0.3) is 11.4 Å². The molecule has 6 nitrogen and oxygen atoms in total. The second kappa shape index (κ2) is 9.19. The molecule has 0 bridgehead atoms. The zero-order chi connectivity index (χ0) is 21.8. The fraction of sp³-hybridized carbons (Fsp3) is 0.227. The highest BCUT2D eigenvalue weighted by Gasteiger charge is 2.18. The Morgan fingerprint density at radius 3 is 2.70 bits per heavy atom. The van der Waals surface area contributed by atoms with Crippen LogP contribution in [0.5, 0.6) is 0 Å². The quantitative estimate of drug-likeness (QED) is 0.628. The summed E-state index contributed by atoms with van der Waals surface area (Å²) < 4.78 is 15.0. The number of aliphatic hydroxyl groups is 1. The van der Waals surface area contributed by atoms with Gasteiger partial charge in [-0.3, -0.25) is 14.2 Å². The zero-order valence-corrected chi connectivity index (χ0v) is 17.3. The molecule has 3 aromatic rings. The molecule has 1 amide bonds. The van der Waals surface area contributed by atoms with Gasteiger partial charge in [-0.25, -0.2) is 9.37 Å². The van der Waals surface area contributed by atoms with Crippen molar-refractivity contribution in [1.29, 1.82) is 0 Å². The van der Waals surface area contributed by atoms with E-state index in [-0.39, 0.29) is 25.4 Å². The molecule has 0 saturated carbocycles. The molecule has 30 heavy (non-hydrogen) atoms. The molecule has 8 heteroatoms. The van der Waals surface area contributed by atoms with Crippen molar-refractivity contribution in [2.75, 3.05) is 11.9 Å². The van der Waals surface area contributed by atoms with Crippen molar-refractivity contribution < 1.29 is 14.3 Å². The van der Waals surface area contributed by atoms with Crippen LogP contribution in [0, 0.1) is 19.7 Å². The van der Waals surface area contributed by atoms with Crippen molar-refractivity contribution in [2.45, 2.75) is 26.8 Å². The molecule has 0 radical (unpaired) electrons. The number of halogens is 2. The largest absolute Gasteiger partial charge is 0.396 e. The lowest BCUT2D eigenvalue weighted by atomic mass is 10.1. The predicted octanol–water partition coefficient (Wildman–Crippen LogP) is 3.49. The van der Waals surface area contributed by atoms with Crippen molar-refractivity contribution in [2.24, 2.45) is 0 Å². The molecular weight excluding hydrogens is 409 g/mol. The Labute approximate surface area is 178 Å². The number of nitrogens with one attached hydrogen (secondary N) is 1. The van der Waals surface area contributed by atoms with Crippen LogP contribution in [0.15, 0.2) is 47.3 Å². The molecule has 0 aliphatic heterocycles. The number of amides is 1. The second-order valence-corrected chi connectivity index (χ2v) is 7.32. The Hall–Kier alpha value is -3.03. The fourth-order valence-electron chi connectivity index (χ4n) is 3.16. The summed E-state index contributed by atoms with van der Waals surface area (Å²) in [5.41, 5.74) is 2.00. The first kappa shape index (κ1) is 21.7. The van der Waals surface area contributed by atoms with E-state index in [9.17, 15) is 19.1 Å². The summed E-state index contributed by atoms with van der Waals surface area (Å²) in [6.45, 7) is 2.91. The van der Waals surface area contributed by atoms with Crippen molar-refractivity contribution in [3.63, 3.8) is 0 Å². The molecule has 0 aliphatic carbocycles. The molecule has 3 rings (SSSR count). The normalized spacial score (nSPS) is 10.8. The highest BCUT2D eigenvalue weighted by molar-refractivity contribution is 6.31. The minimum atomic E-state index is -0.482. The minimum Gasteiger partial charge on any atom is -0.396 e. The van der Waals surface area contributed by atoms with Gasteiger partial charge in [0.1, 0.15) is 18.2 Å². The molecule has 0 fully saturated rings. The van der Waals surface area contributed by atoms with Gasteiger partial charge >= 0.3 is 0 Å². The number of aliphatic hydroxyl groups excluding tert-OH is 1. The number of nitrogens with zero attached hydrogens (tertiary/aromatic N) is 2. The third-order valence-electron chi connectivity index (χ3n) is 4.69. The maximum Gasteiger partial charge on any atom is 0.257 e. The number of hydrogen-bond donors (Lipinski definition) is 2. The summed E-state index contributed by atoms with van der Waals surface area (Å²) in [4.78, 5) is 30.3. The van der Waals surface area contributed by atoms with Gasteiger partial charge in [-0.05, 0) is 43.7 Å². The van der Waals surface area contributed by atoms with Crippen molar-refractivity contribution in [3.05, 3.63) is 80.5 Å². The van der Waals surface area contributed by atoms with E-state index in [1.54, 1.807) is 31.2 Å². The van der Waals surface area contributed by atoms with Crippen molar-refractivity contribution >= 4 is 23.2 Å². The van der Waals surface area contributed by atoms with Crippen LogP contribution in [0.3, 0.4) is 0 Å². The fourth-order valence-corrected chi connectivity index (χ4v) is 3.33. The van der Waals surface area contributed by atoms with Crippen LogP contribution in [0.2, 0.25) is 5.02 Å². The third kappa shape index (κ3) is 4.75. The molecule has 156 valence electrons. The standard InChI is InChI=1S/C22H21ClFN3O3/c1-13-6-7-16(23)11-19(13)26-20(29)12-27-21(15-4-3-5-17(24)10-15)25-14(2)18(8-9-28)22(27)30/h3-7,10-11,28H,8-9,12H2,1-2H3,(H,26,29). The molecular formula is C22H21ClFN3O3. The van der Waals surface area contributed by atoms with Gasteiger partial charge in [0.2, 0.25) is 5.91 Å². The van der Waals surface area contributed by atoms with Gasteiger partial charge in [-0.15, -0.1) is 0 Å². The number of rotatable bonds is 6. The lowest BCUT2D eigenvalue weighted by Crippen LogP contribution is -2.33. The Kier molecular flexibility index (Phi) is 6.64. The maximum atomic E-state index is 13.8. The number of hydrogen-bond acceptors (Lipinski definition) is 4. The molecule has 2 aromatic carbocycles. The Balaban J connectivity index is 2.05. The van der Waals surface area contributed by atoms with Gasteiger partial charge in [0.15, 0.2) is 0 Å². The maximum absolute atomic E-state index is 13.8. The van der Waals surface area contributed by atoms with Gasteiger partial charge in [-0.1, -0.05) is 29.8 Å². The number of benzene rings is 2.